The maximum absolute atomic E-state index is 2.59. The standard InChI is InChI=1S/C42H34Si/c1-42(2)40-15-9-8-14-38(40)39-21-18-33(26-41(39)42)43(3,31-16-19-36-29(24-31)22-27-10-4-6-12-34(27)36)32-17-20-37-30(25-32)23-28-11-5-7-13-35(28)37/h4-21,24-26H,22-23H2,1-3H3. The maximum Gasteiger partial charge on any atom is 0.145 e. The molecule has 0 nitrogen and oxygen atoms in total. The van der Waals surface area contributed by atoms with Gasteiger partial charge in [0.2, 0.25) is 0 Å². The molecule has 0 amide bonds. The number of hydrogen-bond donors (Lipinski definition) is 0. The van der Waals surface area contributed by atoms with E-state index >= 15 is 0 Å². The van der Waals surface area contributed by atoms with Gasteiger partial charge in [0.25, 0.3) is 0 Å². The smallest absolute Gasteiger partial charge is 0.0619 e. The first-order chi connectivity index (χ1) is 20.9. The largest absolute Gasteiger partial charge is 0.145 e. The van der Waals surface area contributed by atoms with Gasteiger partial charge in [-0.05, 0) is 95.2 Å². The topological polar surface area (TPSA) is 0 Å². The van der Waals surface area contributed by atoms with Gasteiger partial charge < -0.3 is 0 Å². The Bertz CT molecular complexity index is 2030. The van der Waals surface area contributed by atoms with E-state index in [1.807, 2.05) is 0 Å². The summed E-state index contributed by atoms with van der Waals surface area (Å²) in [6.45, 7) is 7.40. The molecule has 3 aliphatic rings. The van der Waals surface area contributed by atoms with Crippen LogP contribution in [0.1, 0.15) is 47.2 Å². The van der Waals surface area contributed by atoms with Crippen LogP contribution in [-0.4, -0.2) is 8.07 Å². The van der Waals surface area contributed by atoms with Gasteiger partial charge >= 0.3 is 0 Å². The molecule has 1 heteroatoms. The van der Waals surface area contributed by atoms with Gasteiger partial charge in [0.1, 0.15) is 8.07 Å². The lowest BCUT2D eigenvalue weighted by atomic mass is 9.82. The second kappa shape index (κ2) is 8.78. The molecule has 0 saturated carbocycles. The minimum absolute atomic E-state index is 0.0175. The van der Waals surface area contributed by atoms with E-state index in [4.69, 9.17) is 0 Å². The van der Waals surface area contributed by atoms with Gasteiger partial charge in [-0.2, -0.15) is 0 Å². The zero-order valence-electron chi connectivity index (χ0n) is 25.0. The Hall–Kier alpha value is -4.46. The minimum Gasteiger partial charge on any atom is -0.0619 e. The van der Waals surface area contributed by atoms with Crippen molar-refractivity contribution in [1.29, 1.82) is 0 Å². The Kier molecular flexibility index (Phi) is 5.12. The third-order valence-corrected chi connectivity index (χ3v) is 15.3. The van der Waals surface area contributed by atoms with Crippen LogP contribution in [0.3, 0.4) is 0 Å². The zero-order valence-corrected chi connectivity index (χ0v) is 26.0. The maximum atomic E-state index is 2.59. The van der Waals surface area contributed by atoms with Crippen LogP contribution in [0.5, 0.6) is 0 Å². The Labute approximate surface area is 255 Å². The lowest BCUT2D eigenvalue weighted by Gasteiger charge is -2.32. The fraction of sp³-hybridized carbons (Fsp3) is 0.143. The van der Waals surface area contributed by atoms with Crippen molar-refractivity contribution in [3.8, 4) is 33.4 Å². The second-order valence-electron chi connectivity index (χ2n) is 13.5. The third kappa shape index (κ3) is 3.43. The lowest BCUT2D eigenvalue weighted by Crippen LogP contribution is -2.65. The average Bonchev–Trinajstić information content (AvgIpc) is 3.68. The average molecular weight is 567 g/mol. The molecule has 0 N–H and O–H groups in total. The fourth-order valence-corrected chi connectivity index (χ4v) is 12.0. The van der Waals surface area contributed by atoms with Crippen molar-refractivity contribution in [2.24, 2.45) is 0 Å². The van der Waals surface area contributed by atoms with Crippen molar-refractivity contribution in [2.45, 2.75) is 38.7 Å². The summed E-state index contributed by atoms with van der Waals surface area (Å²) in [6, 6.07) is 49.2. The van der Waals surface area contributed by atoms with E-state index in [2.05, 4.69) is 148 Å². The molecule has 6 aromatic carbocycles. The molecular formula is C42H34Si. The molecule has 0 unspecified atom stereocenters. The van der Waals surface area contributed by atoms with Gasteiger partial charge in [0.15, 0.2) is 0 Å². The highest BCUT2D eigenvalue weighted by Crippen LogP contribution is 2.48. The molecule has 0 saturated heterocycles. The zero-order chi connectivity index (χ0) is 28.9. The van der Waals surface area contributed by atoms with Crippen molar-refractivity contribution in [3.05, 3.63) is 161 Å². The normalized spacial score (nSPS) is 14.9. The monoisotopic (exact) mass is 566 g/mol. The van der Waals surface area contributed by atoms with Crippen LogP contribution in [0, 0.1) is 0 Å². The molecule has 9 rings (SSSR count). The van der Waals surface area contributed by atoms with Gasteiger partial charge in [0, 0.05) is 5.41 Å². The van der Waals surface area contributed by atoms with Gasteiger partial charge in [0.05, 0.1) is 0 Å². The Morgan fingerprint density at radius 3 is 1.42 bits per heavy atom. The first-order valence-corrected chi connectivity index (χ1v) is 18.1. The molecule has 206 valence electrons. The molecule has 0 aliphatic heterocycles. The van der Waals surface area contributed by atoms with Gasteiger partial charge in [-0.25, -0.2) is 0 Å². The Balaban J connectivity index is 1.25. The minimum atomic E-state index is -2.38. The van der Waals surface area contributed by atoms with E-state index in [9.17, 15) is 0 Å². The lowest BCUT2D eigenvalue weighted by molar-refractivity contribution is 0.661. The van der Waals surface area contributed by atoms with E-state index in [-0.39, 0.29) is 5.41 Å². The summed E-state index contributed by atoms with van der Waals surface area (Å²) < 4.78 is 0. The van der Waals surface area contributed by atoms with Crippen LogP contribution in [0.2, 0.25) is 6.55 Å². The summed E-state index contributed by atoms with van der Waals surface area (Å²) >= 11 is 0. The second-order valence-corrected chi connectivity index (χ2v) is 17.4. The van der Waals surface area contributed by atoms with Crippen molar-refractivity contribution in [1.82, 2.24) is 0 Å². The fourth-order valence-electron chi connectivity index (χ4n) is 8.43. The molecule has 3 aliphatic carbocycles. The third-order valence-electron chi connectivity index (χ3n) is 10.9. The molecule has 0 heterocycles. The highest BCUT2D eigenvalue weighted by Gasteiger charge is 2.40. The molecule has 6 aromatic rings. The summed E-state index contributed by atoms with van der Waals surface area (Å²) in [6.07, 6.45) is 2.05. The first-order valence-electron chi connectivity index (χ1n) is 15.6. The van der Waals surface area contributed by atoms with E-state index in [1.54, 1.807) is 0 Å². The SMILES string of the molecule is CC1(C)c2ccccc2-c2ccc([Si](C)(c3ccc4c(c3)Cc3ccccc3-4)c3ccc4c(c3)Cc3ccccc3-4)cc21. The first kappa shape index (κ1) is 25.1. The van der Waals surface area contributed by atoms with Crippen LogP contribution < -0.4 is 15.6 Å². The predicted octanol–water partition coefficient (Wildman–Crippen LogP) is 8.24. The Morgan fingerprint density at radius 2 is 0.837 bits per heavy atom. The van der Waals surface area contributed by atoms with Crippen molar-refractivity contribution in [3.63, 3.8) is 0 Å². The quantitative estimate of drug-likeness (QED) is 0.149. The molecule has 0 atom stereocenters. The number of fused-ring (bicyclic) bond motifs is 9. The molecule has 0 bridgehead atoms. The highest BCUT2D eigenvalue weighted by atomic mass is 28.3. The molecule has 43 heavy (non-hydrogen) atoms. The van der Waals surface area contributed by atoms with Crippen LogP contribution >= 0.6 is 0 Å². The molecular weight excluding hydrogens is 533 g/mol. The van der Waals surface area contributed by atoms with Crippen LogP contribution in [0.15, 0.2) is 127 Å². The van der Waals surface area contributed by atoms with Crippen molar-refractivity contribution >= 4 is 23.6 Å². The molecule has 0 spiro atoms. The van der Waals surface area contributed by atoms with Crippen LogP contribution in [-0.2, 0) is 18.3 Å². The number of rotatable bonds is 3. The summed E-state index contributed by atoms with van der Waals surface area (Å²) in [5, 5.41) is 4.50. The summed E-state index contributed by atoms with van der Waals surface area (Å²) in [4.78, 5) is 0. The number of benzene rings is 6. The summed E-state index contributed by atoms with van der Waals surface area (Å²) in [5.41, 5.74) is 17.1. The molecule has 0 aromatic heterocycles. The van der Waals surface area contributed by atoms with E-state index in [0.29, 0.717) is 0 Å². The number of hydrogen-bond acceptors (Lipinski definition) is 0. The predicted molar refractivity (Wildman–Crippen MR) is 184 cm³/mol. The van der Waals surface area contributed by atoms with Gasteiger partial charge in [-0.15, -0.1) is 0 Å². The van der Waals surface area contributed by atoms with Gasteiger partial charge in [-0.1, -0.05) is 148 Å². The molecule has 0 fully saturated rings. The van der Waals surface area contributed by atoms with E-state index in [1.165, 1.54) is 82.3 Å². The van der Waals surface area contributed by atoms with E-state index in [0.717, 1.165) is 12.8 Å². The van der Waals surface area contributed by atoms with Crippen LogP contribution in [0.4, 0.5) is 0 Å². The Morgan fingerprint density at radius 1 is 0.419 bits per heavy atom. The molecule has 0 radical (unpaired) electrons. The van der Waals surface area contributed by atoms with Crippen molar-refractivity contribution in [2.75, 3.05) is 0 Å². The van der Waals surface area contributed by atoms with Crippen LogP contribution in [0.25, 0.3) is 33.4 Å². The summed E-state index contributed by atoms with van der Waals surface area (Å²) in [5.74, 6) is 0. The van der Waals surface area contributed by atoms with Crippen molar-refractivity contribution < 1.29 is 0 Å². The van der Waals surface area contributed by atoms with E-state index < -0.39 is 8.07 Å². The highest BCUT2D eigenvalue weighted by molar-refractivity contribution is 7.10. The summed E-state index contributed by atoms with van der Waals surface area (Å²) in [7, 11) is -2.38. The van der Waals surface area contributed by atoms with Gasteiger partial charge in [-0.3, -0.25) is 0 Å².